The standard InChI is InChI=1S/C13H18N2O4/c1-3-14-11(17)13(7-4-8-13)12(18)19-15-9(2)5-6-10(15)16/h2-8H2,1H3,(H,14,17). The molecule has 1 saturated carbocycles. The number of carbonyl (C=O) groups is 3. The van der Waals surface area contributed by atoms with Crippen molar-refractivity contribution < 1.29 is 19.2 Å². The largest absolute Gasteiger partial charge is 0.355 e. The predicted octanol–water partition coefficient (Wildman–Crippen LogP) is 0.887. The van der Waals surface area contributed by atoms with Crippen LogP contribution in [-0.2, 0) is 19.2 Å². The molecule has 2 aliphatic rings. The average Bonchev–Trinajstić information content (AvgIpc) is 2.60. The van der Waals surface area contributed by atoms with E-state index in [9.17, 15) is 14.4 Å². The summed E-state index contributed by atoms with van der Waals surface area (Å²) in [6.07, 6.45) is 2.51. The van der Waals surface area contributed by atoms with E-state index in [1.807, 2.05) is 0 Å². The number of amides is 2. The summed E-state index contributed by atoms with van der Waals surface area (Å²) in [4.78, 5) is 40.8. The topological polar surface area (TPSA) is 75.7 Å². The molecule has 104 valence electrons. The molecule has 2 fully saturated rings. The van der Waals surface area contributed by atoms with Crippen molar-refractivity contribution in [3.8, 4) is 0 Å². The van der Waals surface area contributed by atoms with E-state index in [4.69, 9.17) is 4.84 Å². The maximum absolute atomic E-state index is 12.2. The van der Waals surface area contributed by atoms with Crippen LogP contribution in [0.15, 0.2) is 12.3 Å². The summed E-state index contributed by atoms with van der Waals surface area (Å²) >= 11 is 0. The van der Waals surface area contributed by atoms with Crippen molar-refractivity contribution in [2.75, 3.05) is 6.54 Å². The number of nitrogens with one attached hydrogen (secondary N) is 1. The number of hydrogen-bond acceptors (Lipinski definition) is 4. The minimum atomic E-state index is -1.13. The molecule has 0 aromatic heterocycles. The lowest BCUT2D eigenvalue weighted by Gasteiger charge is -2.37. The Bertz CT molecular complexity index is 424. The summed E-state index contributed by atoms with van der Waals surface area (Å²) in [6, 6.07) is 0. The van der Waals surface area contributed by atoms with Crippen molar-refractivity contribution in [1.82, 2.24) is 10.4 Å². The molecule has 1 aliphatic heterocycles. The Labute approximate surface area is 111 Å². The fourth-order valence-corrected chi connectivity index (χ4v) is 2.30. The van der Waals surface area contributed by atoms with Gasteiger partial charge in [-0.15, -0.1) is 5.06 Å². The molecule has 2 rings (SSSR count). The molecule has 6 heteroatoms. The van der Waals surface area contributed by atoms with E-state index in [1.165, 1.54) is 0 Å². The lowest BCUT2D eigenvalue weighted by molar-refractivity contribution is -0.201. The van der Waals surface area contributed by atoms with Gasteiger partial charge in [0.2, 0.25) is 5.91 Å². The van der Waals surface area contributed by atoms with Crippen molar-refractivity contribution in [3.63, 3.8) is 0 Å². The van der Waals surface area contributed by atoms with Gasteiger partial charge in [-0.1, -0.05) is 13.0 Å². The highest BCUT2D eigenvalue weighted by Gasteiger charge is 2.53. The van der Waals surface area contributed by atoms with Crippen LogP contribution in [0.3, 0.4) is 0 Å². The molecular weight excluding hydrogens is 248 g/mol. The van der Waals surface area contributed by atoms with Crippen molar-refractivity contribution in [1.29, 1.82) is 0 Å². The van der Waals surface area contributed by atoms with Crippen LogP contribution in [-0.4, -0.2) is 29.4 Å². The summed E-state index contributed by atoms with van der Waals surface area (Å²) < 4.78 is 0. The van der Waals surface area contributed by atoms with Gasteiger partial charge in [0.15, 0.2) is 0 Å². The Morgan fingerprint density at radius 3 is 2.53 bits per heavy atom. The van der Waals surface area contributed by atoms with Gasteiger partial charge in [-0.05, 0) is 26.2 Å². The van der Waals surface area contributed by atoms with E-state index in [1.54, 1.807) is 6.92 Å². The predicted molar refractivity (Wildman–Crippen MR) is 66.3 cm³/mol. The number of hydroxylamine groups is 2. The van der Waals surface area contributed by atoms with E-state index in [0.717, 1.165) is 11.5 Å². The molecule has 0 aromatic carbocycles. The highest BCUT2D eigenvalue weighted by Crippen LogP contribution is 2.43. The van der Waals surface area contributed by atoms with Crippen LogP contribution < -0.4 is 5.32 Å². The van der Waals surface area contributed by atoms with Crippen LogP contribution in [0.4, 0.5) is 0 Å². The van der Waals surface area contributed by atoms with Gasteiger partial charge in [-0.25, -0.2) is 4.79 Å². The molecular formula is C13H18N2O4. The zero-order chi connectivity index (χ0) is 14.0. The first-order valence-electron chi connectivity index (χ1n) is 6.52. The Hall–Kier alpha value is -1.85. The maximum Gasteiger partial charge on any atom is 0.348 e. The highest BCUT2D eigenvalue weighted by atomic mass is 16.7. The summed E-state index contributed by atoms with van der Waals surface area (Å²) in [5.41, 5.74) is -0.664. The van der Waals surface area contributed by atoms with Gasteiger partial charge in [-0.2, -0.15) is 0 Å². The second-order valence-corrected chi connectivity index (χ2v) is 4.93. The number of hydrogen-bond donors (Lipinski definition) is 1. The second kappa shape index (κ2) is 5.03. The highest BCUT2D eigenvalue weighted by molar-refractivity contribution is 6.04. The Kier molecular flexibility index (Phi) is 3.59. The smallest absolute Gasteiger partial charge is 0.348 e. The molecule has 2 amide bonds. The molecule has 19 heavy (non-hydrogen) atoms. The van der Waals surface area contributed by atoms with Crippen LogP contribution in [0.1, 0.15) is 39.0 Å². The van der Waals surface area contributed by atoms with Crippen LogP contribution in [0, 0.1) is 5.41 Å². The van der Waals surface area contributed by atoms with Gasteiger partial charge in [-0.3, -0.25) is 9.59 Å². The van der Waals surface area contributed by atoms with E-state index in [-0.39, 0.29) is 11.8 Å². The normalized spacial score (nSPS) is 21.0. The van der Waals surface area contributed by atoms with Gasteiger partial charge < -0.3 is 10.2 Å². The van der Waals surface area contributed by atoms with Gasteiger partial charge in [0.1, 0.15) is 5.41 Å². The molecule has 0 atom stereocenters. The number of allylic oxidation sites excluding steroid dienone is 1. The van der Waals surface area contributed by atoms with Crippen LogP contribution in [0.5, 0.6) is 0 Å². The van der Waals surface area contributed by atoms with Crippen LogP contribution >= 0.6 is 0 Å². The molecule has 0 radical (unpaired) electrons. The molecule has 0 spiro atoms. The molecule has 1 aliphatic carbocycles. The lowest BCUT2D eigenvalue weighted by atomic mass is 9.68. The first-order chi connectivity index (χ1) is 9.01. The molecule has 1 saturated heterocycles. The maximum atomic E-state index is 12.2. The quantitative estimate of drug-likeness (QED) is 0.767. The third-order valence-corrected chi connectivity index (χ3v) is 3.69. The first-order valence-corrected chi connectivity index (χ1v) is 6.52. The van der Waals surface area contributed by atoms with Crippen LogP contribution in [0.2, 0.25) is 0 Å². The molecule has 0 bridgehead atoms. The van der Waals surface area contributed by atoms with Crippen molar-refractivity contribution >= 4 is 17.8 Å². The number of carbonyl (C=O) groups excluding carboxylic acids is 3. The third kappa shape index (κ3) is 2.22. The molecule has 0 aromatic rings. The fourth-order valence-electron chi connectivity index (χ4n) is 2.30. The summed E-state index contributed by atoms with van der Waals surface area (Å²) in [6.45, 7) is 5.93. The van der Waals surface area contributed by atoms with Crippen LogP contribution in [0.25, 0.3) is 0 Å². The Morgan fingerprint density at radius 1 is 1.42 bits per heavy atom. The summed E-state index contributed by atoms with van der Waals surface area (Å²) in [7, 11) is 0. The molecule has 1 N–H and O–H groups in total. The minimum absolute atomic E-state index is 0.288. The van der Waals surface area contributed by atoms with Gasteiger partial charge >= 0.3 is 5.97 Å². The lowest BCUT2D eigenvalue weighted by Crippen LogP contribution is -2.53. The van der Waals surface area contributed by atoms with Gasteiger partial charge in [0.25, 0.3) is 5.91 Å². The van der Waals surface area contributed by atoms with Crippen molar-refractivity contribution in [3.05, 3.63) is 12.3 Å². The molecule has 6 nitrogen and oxygen atoms in total. The van der Waals surface area contributed by atoms with E-state index in [2.05, 4.69) is 11.9 Å². The second-order valence-electron chi connectivity index (χ2n) is 4.93. The van der Waals surface area contributed by atoms with Gasteiger partial charge in [0.05, 0.1) is 5.70 Å². The zero-order valence-electron chi connectivity index (χ0n) is 11.0. The SMILES string of the molecule is C=C1CCC(=O)N1OC(=O)C1(C(=O)NCC)CCC1. The third-order valence-electron chi connectivity index (χ3n) is 3.69. The number of rotatable bonds is 4. The summed E-state index contributed by atoms with van der Waals surface area (Å²) in [5, 5.41) is 3.58. The van der Waals surface area contributed by atoms with Crippen molar-refractivity contribution in [2.45, 2.75) is 39.0 Å². The summed E-state index contributed by atoms with van der Waals surface area (Å²) in [5.74, 6) is -1.26. The van der Waals surface area contributed by atoms with Gasteiger partial charge in [0, 0.05) is 13.0 Å². The first kappa shape index (κ1) is 13.6. The fraction of sp³-hybridized carbons (Fsp3) is 0.615. The number of nitrogens with zero attached hydrogens (tertiary/aromatic N) is 1. The molecule has 0 unspecified atom stereocenters. The zero-order valence-corrected chi connectivity index (χ0v) is 11.0. The van der Waals surface area contributed by atoms with E-state index < -0.39 is 11.4 Å². The molecule has 1 heterocycles. The minimum Gasteiger partial charge on any atom is -0.355 e. The Balaban J connectivity index is 2.07. The van der Waals surface area contributed by atoms with E-state index in [0.29, 0.717) is 37.9 Å². The Morgan fingerprint density at radius 2 is 2.11 bits per heavy atom. The van der Waals surface area contributed by atoms with E-state index >= 15 is 0 Å². The monoisotopic (exact) mass is 266 g/mol. The van der Waals surface area contributed by atoms with Crippen molar-refractivity contribution in [2.24, 2.45) is 5.41 Å². The average molecular weight is 266 g/mol.